The highest BCUT2D eigenvalue weighted by Crippen LogP contribution is 2.38. The van der Waals surface area contributed by atoms with Crippen LogP contribution < -0.4 is 14.4 Å². The van der Waals surface area contributed by atoms with Crippen LogP contribution in [0.4, 0.5) is 5.95 Å². The van der Waals surface area contributed by atoms with Gasteiger partial charge in [-0.25, -0.2) is 4.98 Å². The number of alkyl halides is 3. The van der Waals surface area contributed by atoms with Crippen LogP contribution in [0.3, 0.4) is 0 Å². The van der Waals surface area contributed by atoms with Gasteiger partial charge in [0.1, 0.15) is 0 Å². The van der Waals surface area contributed by atoms with Gasteiger partial charge in [-0.1, -0.05) is 34.8 Å². The maximum atomic E-state index is 6.06. The van der Waals surface area contributed by atoms with Crippen molar-refractivity contribution in [3.05, 3.63) is 24.0 Å². The Labute approximate surface area is 173 Å². The fraction of sp³-hybridized carbons (Fsp3) is 0.471. The summed E-state index contributed by atoms with van der Waals surface area (Å²) in [5.41, 5.74) is 0.709. The molecular formula is C17H20Cl3N5O2. The first-order valence-electron chi connectivity index (χ1n) is 8.31. The number of hydrogen-bond donors (Lipinski definition) is 0. The molecule has 0 N–H and O–H groups in total. The van der Waals surface area contributed by atoms with Crippen LogP contribution in [0.5, 0.6) is 11.5 Å². The molecule has 1 aliphatic heterocycles. The molecule has 0 atom stereocenters. The zero-order valence-electron chi connectivity index (χ0n) is 15.2. The second-order valence-electron chi connectivity index (χ2n) is 6.14. The number of hydrogen-bond acceptors (Lipinski definition) is 7. The van der Waals surface area contributed by atoms with Gasteiger partial charge in [-0.2, -0.15) is 9.97 Å². The lowest BCUT2D eigenvalue weighted by Crippen LogP contribution is -2.45. The second kappa shape index (κ2) is 8.22. The van der Waals surface area contributed by atoms with Crippen molar-refractivity contribution in [1.82, 2.24) is 19.9 Å². The Morgan fingerprint density at radius 1 is 0.926 bits per heavy atom. The molecule has 2 aromatic rings. The van der Waals surface area contributed by atoms with E-state index in [2.05, 4.69) is 31.8 Å². The number of piperazine rings is 1. The van der Waals surface area contributed by atoms with Crippen LogP contribution in [-0.4, -0.2) is 67.3 Å². The molecule has 1 aromatic heterocycles. The molecule has 3 rings (SSSR count). The minimum atomic E-state index is -1.75. The number of anilines is 1. The van der Waals surface area contributed by atoms with E-state index in [9.17, 15) is 0 Å². The smallest absolute Gasteiger partial charge is 0.250 e. The molecule has 0 saturated carbocycles. The fourth-order valence-corrected chi connectivity index (χ4v) is 3.00. The van der Waals surface area contributed by atoms with E-state index in [0.717, 1.165) is 26.2 Å². The zero-order valence-corrected chi connectivity index (χ0v) is 17.5. The number of methoxy groups -OCH3 is 2. The average Bonchev–Trinajstić information content (AvgIpc) is 2.67. The molecule has 0 aliphatic carbocycles. The van der Waals surface area contributed by atoms with Crippen molar-refractivity contribution in [3.8, 4) is 22.9 Å². The van der Waals surface area contributed by atoms with Gasteiger partial charge in [0, 0.05) is 31.7 Å². The van der Waals surface area contributed by atoms with E-state index in [1.807, 2.05) is 6.07 Å². The minimum absolute atomic E-state index is 0.0845. The van der Waals surface area contributed by atoms with Crippen LogP contribution >= 0.6 is 34.8 Å². The first kappa shape index (κ1) is 20.2. The summed E-state index contributed by atoms with van der Waals surface area (Å²) in [4.78, 5) is 17.7. The largest absolute Gasteiger partial charge is 0.493 e. The van der Waals surface area contributed by atoms with Crippen molar-refractivity contribution >= 4 is 40.8 Å². The summed E-state index contributed by atoms with van der Waals surface area (Å²) in [5.74, 6) is 2.15. The lowest BCUT2D eigenvalue weighted by molar-refractivity contribution is 0.311. The van der Waals surface area contributed by atoms with Crippen LogP contribution in [0.25, 0.3) is 11.4 Å². The molecule has 0 bridgehead atoms. The van der Waals surface area contributed by atoms with Gasteiger partial charge in [0.2, 0.25) is 9.74 Å². The summed E-state index contributed by atoms with van der Waals surface area (Å²) in [7, 11) is 5.22. The highest BCUT2D eigenvalue weighted by molar-refractivity contribution is 6.66. The van der Waals surface area contributed by atoms with Crippen LogP contribution in [0, 0.1) is 0 Å². The Balaban J connectivity index is 2.05. The highest BCUT2D eigenvalue weighted by Gasteiger charge is 2.30. The van der Waals surface area contributed by atoms with Crippen molar-refractivity contribution in [2.24, 2.45) is 0 Å². The Kier molecular flexibility index (Phi) is 6.15. The van der Waals surface area contributed by atoms with Gasteiger partial charge < -0.3 is 19.3 Å². The number of nitrogens with zero attached hydrogens (tertiary/aromatic N) is 5. The summed E-state index contributed by atoms with van der Waals surface area (Å²) in [6.07, 6.45) is 0. The van der Waals surface area contributed by atoms with Crippen LogP contribution in [-0.2, 0) is 3.79 Å². The van der Waals surface area contributed by atoms with Gasteiger partial charge in [-0.05, 0) is 25.2 Å². The van der Waals surface area contributed by atoms with Crippen molar-refractivity contribution in [2.45, 2.75) is 3.79 Å². The standard InChI is InChI=1S/C17H20Cl3N5O2/c1-24-6-8-25(9-7-24)16-22-14(21-15(23-16)17(18,19)20)11-4-5-12(26-2)13(10-11)27-3/h4-5,10H,6-9H2,1-3H3. The van der Waals surface area contributed by atoms with Gasteiger partial charge in [-0.3, -0.25) is 0 Å². The van der Waals surface area contributed by atoms with Crippen molar-refractivity contribution in [2.75, 3.05) is 52.3 Å². The molecule has 0 amide bonds. The van der Waals surface area contributed by atoms with Crippen LogP contribution in [0.2, 0.25) is 0 Å². The minimum Gasteiger partial charge on any atom is -0.493 e. The fourth-order valence-electron chi connectivity index (χ4n) is 2.74. The van der Waals surface area contributed by atoms with E-state index in [4.69, 9.17) is 44.3 Å². The molecule has 0 unspecified atom stereocenters. The van der Waals surface area contributed by atoms with E-state index in [-0.39, 0.29) is 5.82 Å². The monoisotopic (exact) mass is 431 g/mol. The van der Waals surface area contributed by atoms with E-state index < -0.39 is 3.79 Å². The molecule has 2 heterocycles. The van der Waals surface area contributed by atoms with E-state index in [1.165, 1.54) is 0 Å². The van der Waals surface area contributed by atoms with Crippen LogP contribution in [0.1, 0.15) is 5.82 Å². The zero-order chi connectivity index (χ0) is 19.6. The number of likely N-dealkylation sites (N-methyl/N-ethyl adjacent to an activating group) is 1. The highest BCUT2D eigenvalue weighted by atomic mass is 35.6. The number of aromatic nitrogens is 3. The number of halogens is 3. The Bertz CT molecular complexity index is 808. The van der Waals surface area contributed by atoms with E-state index >= 15 is 0 Å². The quantitative estimate of drug-likeness (QED) is 0.688. The van der Waals surface area contributed by atoms with Gasteiger partial charge >= 0.3 is 0 Å². The third-order valence-electron chi connectivity index (χ3n) is 4.31. The van der Waals surface area contributed by atoms with Gasteiger partial charge in [0.05, 0.1) is 14.2 Å². The predicted molar refractivity (Wildman–Crippen MR) is 107 cm³/mol. The summed E-state index contributed by atoms with van der Waals surface area (Å²) < 4.78 is 8.89. The molecule has 10 heteroatoms. The number of rotatable bonds is 4. The summed E-state index contributed by atoms with van der Waals surface area (Å²) in [6, 6.07) is 5.39. The molecule has 0 radical (unpaired) electrons. The first-order valence-corrected chi connectivity index (χ1v) is 9.44. The lowest BCUT2D eigenvalue weighted by Gasteiger charge is -2.32. The van der Waals surface area contributed by atoms with Crippen molar-refractivity contribution in [1.29, 1.82) is 0 Å². The molecule has 146 valence electrons. The number of ether oxygens (including phenoxy) is 2. The molecule has 1 aromatic carbocycles. The molecule has 27 heavy (non-hydrogen) atoms. The van der Waals surface area contributed by atoms with Crippen LogP contribution in [0.15, 0.2) is 18.2 Å². The first-order chi connectivity index (χ1) is 12.8. The summed E-state index contributed by atoms with van der Waals surface area (Å²) >= 11 is 18.2. The Morgan fingerprint density at radius 3 is 2.19 bits per heavy atom. The Hall–Kier alpha value is -1.54. The molecule has 1 fully saturated rings. The van der Waals surface area contributed by atoms with Crippen molar-refractivity contribution in [3.63, 3.8) is 0 Å². The normalized spacial score (nSPS) is 15.7. The molecule has 1 saturated heterocycles. The molecular weight excluding hydrogens is 413 g/mol. The van der Waals surface area contributed by atoms with Gasteiger partial charge in [0.15, 0.2) is 23.1 Å². The third kappa shape index (κ3) is 4.66. The average molecular weight is 433 g/mol. The SMILES string of the molecule is COc1ccc(-c2nc(N3CCN(C)CC3)nc(C(Cl)(Cl)Cl)n2)cc1OC. The topological polar surface area (TPSA) is 63.6 Å². The molecule has 1 aliphatic rings. The predicted octanol–water partition coefficient (Wildman–Crippen LogP) is 3.13. The maximum absolute atomic E-state index is 6.06. The summed E-state index contributed by atoms with van der Waals surface area (Å²) in [6.45, 7) is 3.37. The second-order valence-corrected chi connectivity index (χ2v) is 8.42. The maximum Gasteiger partial charge on any atom is 0.250 e. The lowest BCUT2D eigenvalue weighted by atomic mass is 10.2. The third-order valence-corrected chi connectivity index (χ3v) is 4.81. The molecule has 7 nitrogen and oxygen atoms in total. The van der Waals surface area contributed by atoms with E-state index in [1.54, 1.807) is 26.4 Å². The summed E-state index contributed by atoms with van der Waals surface area (Å²) in [5, 5.41) is 0. The molecule has 0 spiro atoms. The van der Waals surface area contributed by atoms with E-state index in [0.29, 0.717) is 28.8 Å². The van der Waals surface area contributed by atoms with Crippen molar-refractivity contribution < 1.29 is 9.47 Å². The Morgan fingerprint density at radius 2 is 1.59 bits per heavy atom. The van der Waals surface area contributed by atoms with Gasteiger partial charge in [0.25, 0.3) is 0 Å². The number of benzene rings is 1. The van der Waals surface area contributed by atoms with Gasteiger partial charge in [-0.15, -0.1) is 0 Å².